The van der Waals surface area contributed by atoms with Crippen molar-refractivity contribution >= 4 is 5.78 Å². The molecule has 144 valence electrons. The molecular formula is C24H30O3. The molecule has 0 atom stereocenters. The molecule has 3 nitrogen and oxygen atoms in total. The summed E-state index contributed by atoms with van der Waals surface area (Å²) in [6.45, 7) is 8.53. The number of rotatable bonds is 8. The molecule has 1 fully saturated rings. The van der Waals surface area contributed by atoms with Gasteiger partial charge in [0.25, 0.3) is 0 Å². The highest BCUT2D eigenvalue weighted by molar-refractivity contribution is 5.80. The number of ether oxygens (including phenoxy) is 1. The molecule has 0 aliphatic heterocycles. The maximum atomic E-state index is 11.9. The van der Waals surface area contributed by atoms with Gasteiger partial charge in [0.1, 0.15) is 18.1 Å². The van der Waals surface area contributed by atoms with E-state index in [1.165, 1.54) is 35.1 Å². The second kappa shape index (κ2) is 8.16. The third-order valence-corrected chi connectivity index (χ3v) is 5.38. The highest BCUT2D eigenvalue weighted by atomic mass is 16.5. The summed E-state index contributed by atoms with van der Waals surface area (Å²) in [5.41, 5.74) is 5.78. The Labute approximate surface area is 162 Å². The van der Waals surface area contributed by atoms with Crippen LogP contribution in [0.1, 0.15) is 66.8 Å². The van der Waals surface area contributed by atoms with Gasteiger partial charge < -0.3 is 9.84 Å². The van der Waals surface area contributed by atoms with Crippen molar-refractivity contribution < 1.29 is 14.6 Å². The number of carbonyl (C=O) groups is 1. The van der Waals surface area contributed by atoms with Crippen molar-refractivity contribution in [3.8, 4) is 11.5 Å². The Morgan fingerprint density at radius 1 is 1.15 bits per heavy atom. The Hall–Kier alpha value is -2.29. The fraction of sp³-hybridized carbons (Fsp3) is 0.458. The number of hydrogen-bond acceptors (Lipinski definition) is 3. The first-order valence-corrected chi connectivity index (χ1v) is 9.90. The summed E-state index contributed by atoms with van der Waals surface area (Å²) in [7, 11) is 0. The molecule has 1 N–H and O–H groups in total. The van der Waals surface area contributed by atoms with Crippen molar-refractivity contribution in [2.75, 3.05) is 6.61 Å². The van der Waals surface area contributed by atoms with Crippen molar-refractivity contribution in [1.82, 2.24) is 0 Å². The molecule has 0 bridgehead atoms. The third kappa shape index (κ3) is 5.12. The first-order chi connectivity index (χ1) is 12.8. The summed E-state index contributed by atoms with van der Waals surface area (Å²) in [4.78, 5) is 11.9. The molecule has 0 unspecified atom stereocenters. The standard InChI is InChI=1S/C24H30O3/c1-15(2)22-12-19(7-8-24(22)26)13-23-16(3)9-21(10-17(23)4)27-14-20(25)11-18-5-6-18/h7-10,12,15,18,26H,5-6,11,13-14H2,1-4H3. The molecule has 27 heavy (non-hydrogen) atoms. The molecule has 2 aromatic rings. The molecular weight excluding hydrogens is 336 g/mol. The molecule has 0 amide bonds. The number of phenolic OH excluding ortho intramolecular Hbond substituents is 1. The van der Waals surface area contributed by atoms with Crippen molar-refractivity contribution in [2.45, 2.75) is 59.3 Å². The highest BCUT2D eigenvalue weighted by Crippen LogP contribution is 2.33. The lowest BCUT2D eigenvalue weighted by molar-refractivity contribution is -0.121. The predicted octanol–water partition coefficient (Wildman–Crippen LogP) is 5.47. The van der Waals surface area contributed by atoms with Gasteiger partial charge in [-0.3, -0.25) is 4.79 Å². The fourth-order valence-electron chi connectivity index (χ4n) is 3.56. The molecule has 1 saturated carbocycles. The molecule has 1 aliphatic rings. The molecule has 0 heterocycles. The van der Waals surface area contributed by atoms with Crippen LogP contribution >= 0.6 is 0 Å². The van der Waals surface area contributed by atoms with E-state index in [0.717, 1.165) is 17.7 Å². The van der Waals surface area contributed by atoms with Crippen molar-refractivity contribution in [3.05, 3.63) is 58.1 Å². The Morgan fingerprint density at radius 2 is 1.81 bits per heavy atom. The highest BCUT2D eigenvalue weighted by Gasteiger charge is 2.24. The number of Topliss-reactive ketones (excluding diaryl/α,β-unsaturated/α-hetero) is 1. The first-order valence-electron chi connectivity index (χ1n) is 9.90. The van der Waals surface area contributed by atoms with E-state index in [1.807, 2.05) is 18.2 Å². The number of aryl methyl sites for hydroxylation is 2. The van der Waals surface area contributed by atoms with Gasteiger partial charge in [0.15, 0.2) is 5.78 Å². The SMILES string of the molecule is Cc1cc(OCC(=O)CC2CC2)cc(C)c1Cc1ccc(O)c(C(C)C)c1. The van der Waals surface area contributed by atoms with Gasteiger partial charge in [-0.15, -0.1) is 0 Å². The molecule has 1 aliphatic carbocycles. The summed E-state index contributed by atoms with van der Waals surface area (Å²) in [6, 6.07) is 9.92. The second-order valence-electron chi connectivity index (χ2n) is 8.24. The summed E-state index contributed by atoms with van der Waals surface area (Å²) in [5.74, 6) is 2.22. The maximum absolute atomic E-state index is 11.9. The maximum Gasteiger partial charge on any atom is 0.170 e. The zero-order chi connectivity index (χ0) is 19.6. The van der Waals surface area contributed by atoms with Crippen LogP contribution in [0, 0.1) is 19.8 Å². The Balaban J connectivity index is 1.71. The van der Waals surface area contributed by atoms with E-state index in [-0.39, 0.29) is 18.3 Å². The van der Waals surface area contributed by atoms with Gasteiger partial charge in [0.05, 0.1) is 0 Å². The normalized spacial score (nSPS) is 13.8. The lowest BCUT2D eigenvalue weighted by Crippen LogP contribution is -2.12. The van der Waals surface area contributed by atoms with Crippen LogP contribution < -0.4 is 4.74 Å². The Kier molecular flexibility index (Phi) is 5.88. The van der Waals surface area contributed by atoms with Gasteiger partial charge in [0, 0.05) is 6.42 Å². The van der Waals surface area contributed by atoms with Crippen LogP contribution in [-0.4, -0.2) is 17.5 Å². The number of ketones is 1. The van der Waals surface area contributed by atoms with E-state index in [9.17, 15) is 9.90 Å². The van der Waals surface area contributed by atoms with Gasteiger partial charge in [-0.1, -0.05) is 26.0 Å². The zero-order valence-corrected chi connectivity index (χ0v) is 16.8. The number of aromatic hydroxyl groups is 1. The monoisotopic (exact) mass is 366 g/mol. The van der Waals surface area contributed by atoms with Crippen LogP contribution in [-0.2, 0) is 11.2 Å². The minimum Gasteiger partial charge on any atom is -0.508 e. The van der Waals surface area contributed by atoms with Crippen molar-refractivity contribution in [2.24, 2.45) is 5.92 Å². The molecule has 3 heteroatoms. The minimum absolute atomic E-state index is 0.171. The van der Waals surface area contributed by atoms with E-state index in [0.29, 0.717) is 18.1 Å². The molecule has 0 aromatic heterocycles. The second-order valence-corrected chi connectivity index (χ2v) is 8.24. The summed E-state index contributed by atoms with van der Waals surface area (Å²) < 4.78 is 5.75. The van der Waals surface area contributed by atoms with Gasteiger partial charge in [0.2, 0.25) is 0 Å². The Bertz CT molecular complexity index is 809. The van der Waals surface area contributed by atoms with Crippen molar-refractivity contribution in [1.29, 1.82) is 0 Å². The van der Waals surface area contributed by atoms with E-state index in [2.05, 4.69) is 33.8 Å². The average molecular weight is 367 g/mol. The van der Waals surface area contributed by atoms with E-state index in [1.54, 1.807) is 6.07 Å². The average Bonchev–Trinajstić information content (AvgIpc) is 3.41. The van der Waals surface area contributed by atoms with E-state index < -0.39 is 0 Å². The quantitative estimate of drug-likeness (QED) is 0.674. The largest absolute Gasteiger partial charge is 0.508 e. The molecule has 0 saturated heterocycles. The van der Waals surface area contributed by atoms with Crippen LogP contribution in [0.2, 0.25) is 0 Å². The van der Waals surface area contributed by atoms with Gasteiger partial charge in [-0.05, 0) is 91.0 Å². The van der Waals surface area contributed by atoms with Crippen LogP contribution in [0.3, 0.4) is 0 Å². The predicted molar refractivity (Wildman–Crippen MR) is 109 cm³/mol. The number of benzene rings is 2. The van der Waals surface area contributed by atoms with E-state index >= 15 is 0 Å². The van der Waals surface area contributed by atoms with Gasteiger partial charge in [-0.25, -0.2) is 0 Å². The first kappa shape index (κ1) is 19.5. The van der Waals surface area contributed by atoms with Crippen LogP contribution in [0.4, 0.5) is 0 Å². The van der Waals surface area contributed by atoms with Gasteiger partial charge >= 0.3 is 0 Å². The number of hydrogen-bond donors (Lipinski definition) is 1. The molecule has 3 rings (SSSR count). The number of carbonyl (C=O) groups excluding carboxylic acids is 1. The molecule has 0 radical (unpaired) electrons. The fourth-order valence-corrected chi connectivity index (χ4v) is 3.56. The molecule has 0 spiro atoms. The molecule has 2 aromatic carbocycles. The smallest absolute Gasteiger partial charge is 0.170 e. The summed E-state index contributed by atoms with van der Waals surface area (Å²) in [5, 5.41) is 10.0. The van der Waals surface area contributed by atoms with Crippen LogP contribution in [0.25, 0.3) is 0 Å². The van der Waals surface area contributed by atoms with Crippen LogP contribution in [0.5, 0.6) is 11.5 Å². The lowest BCUT2D eigenvalue weighted by atomic mass is 9.93. The minimum atomic E-state index is 0.171. The third-order valence-electron chi connectivity index (χ3n) is 5.38. The van der Waals surface area contributed by atoms with Crippen molar-refractivity contribution in [3.63, 3.8) is 0 Å². The Morgan fingerprint density at radius 3 is 2.41 bits per heavy atom. The van der Waals surface area contributed by atoms with Crippen LogP contribution in [0.15, 0.2) is 30.3 Å². The van der Waals surface area contributed by atoms with E-state index in [4.69, 9.17) is 4.74 Å². The lowest BCUT2D eigenvalue weighted by Gasteiger charge is -2.15. The number of phenols is 1. The van der Waals surface area contributed by atoms with Gasteiger partial charge in [-0.2, -0.15) is 0 Å². The summed E-state index contributed by atoms with van der Waals surface area (Å²) >= 11 is 0. The topological polar surface area (TPSA) is 46.5 Å². The summed E-state index contributed by atoms with van der Waals surface area (Å²) in [6.07, 6.45) is 3.86. The zero-order valence-electron chi connectivity index (χ0n) is 16.8.